The molecule has 2 fully saturated rings. The maximum absolute atomic E-state index is 10.2. The van der Waals surface area contributed by atoms with Crippen LogP contribution < -0.4 is 9.47 Å². The summed E-state index contributed by atoms with van der Waals surface area (Å²) in [5, 5.41) is 10.2. The highest BCUT2D eigenvalue weighted by atomic mass is 16.5. The zero-order chi connectivity index (χ0) is 20.8. The van der Waals surface area contributed by atoms with E-state index in [1.165, 1.54) is 38.0 Å². The fourth-order valence-corrected chi connectivity index (χ4v) is 3.77. The Hall–Kier alpha value is -1.34. The van der Waals surface area contributed by atoms with Crippen LogP contribution in [0.2, 0.25) is 0 Å². The maximum atomic E-state index is 10.2. The van der Waals surface area contributed by atoms with Gasteiger partial charge in [0.25, 0.3) is 0 Å². The van der Waals surface area contributed by atoms with Crippen molar-refractivity contribution in [3.63, 3.8) is 0 Å². The van der Waals surface area contributed by atoms with Crippen LogP contribution in [0.25, 0.3) is 0 Å². The number of aliphatic hydroxyl groups is 1. The number of methoxy groups -OCH3 is 1. The molecule has 2 aliphatic rings. The number of rotatable bonds is 11. The predicted octanol–water partition coefficient (Wildman–Crippen LogP) is 2.30. The van der Waals surface area contributed by atoms with Crippen LogP contribution in [0.1, 0.15) is 32.3 Å². The Kier molecular flexibility index (Phi) is 8.18. The molecule has 1 N–H and O–H groups in total. The summed E-state index contributed by atoms with van der Waals surface area (Å²) in [6.45, 7) is 11.9. The van der Waals surface area contributed by atoms with Crippen LogP contribution in [0.15, 0.2) is 18.2 Å². The molecule has 1 saturated heterocycles. The van der Waals surface area contributed by atoms with Gasteiger partial charge in [-0.15, -0.1) is 0 Å². The maximum Gasteiger partial charge on any atom is 0.161 e. The van der Waals surface area contributed by atoms with E-state index < -0.39 is 6.10 Å². The normalized spacial score (nSPS) is 19.7. The fourth-order valence-electron chi connectivity index (χ4n) is 3.77. The third kappa shape index (κ3) is 7.14. The Morgan fingerprint density at radius 1 is 1.10 bits per heavy atom. The first-order valence-corrected chi connectivity index (χ1v) is 11.1. The smallest absolute Gasteiger partial charge is 0.161 e. The van der Waals surface area contributed by atoms with Crippen molar-refractivity contribution in [2.75, 3.05) is 60.0 Å². The molecule has 164 valence electrons. The predicted molar refractivity (Wildman–Crippen MR) is 117 cm³/mol. The molecular formula is C23H39N3O3. The highest BCUT2D eigenvalue weighted by molar-refractivity contribution is 5.43. The van der Waals surface area contributed by atoms with Crippen LogP contribution >= 0.6 is 0 Å². The molecule has 0 unspecified atom stereocenters. The lowest BCUT2D eigenvalue weighted by molar-refractivity contribution is 0.0668. The van der Waals surface area contributed by atoms with Gasteiger partial charge in [-0.2, -0.15) is 0 Å². The summed E-state index contributed by atoms with van der Waals surface area (Å²) in [6, 6.07) is 6.55. The second-order valence-corrected chi connectivity index (χ2v) is 9.00. The van der Waals surface area contributed by atoms with Crippen molar-refractivity contribution in [2.24, 2.45) is 5.92 Å². The molecule has 1 saturated carbocycles. The highest BCUT2D eigenvalue weighted by Crippen LogP contribution is 2.31. The number of likely N-dealkylation sites (N-methyl/N-ethyl adjacent to an activating group) is 1. The van der Waals surface area contributed by atoms with E-state index in [-0.39, 0.29) is 6.61 Å². The number of piperazine rings is 1. The van der Waals surface area contributed by atoms with E-state index in [9.17, 15) is 5.11 Å². The van der Waals surface area contributed by atoms with Crippen LogP contribution in [-0.4, -0.2) is 92.0 Å². The van der Waals surface area contributed by atoms with Gasteiger partial charge >= 0.3 is 0 Å². The van der Waals surface area contributed by atoms with Crippen LogP contribution in [0.3, 0.4) is 0 Å². The van der Waals surface area contributed by atoms with E-state index in [1.54, 1.807) is 7.11 Å². The minimum Gasteiger partial charge on any atom is -0.493 e. The van der Waals surface area contributed by atoms with Gasteiger partial charge in [0.15, 0.2) is 11.5 Å². The Morgan fingerprint density at radius 3 is 2.41 bits per heavy atom. The summed E-state index contributed by atoms with van der Waals surface area (Å²) in [5.74, 6) is 2.40. The van der Waals surface area contributed by atoms with Crippen molar-refractivity contribution < 1.29 is 14.6 Å². The first-order chi connectivity index (χ1) is 13.9. The topological polar surface area (TPSA) is 48.4 Å². The minimum absolute atomic E-state index is 0.260. The summed E-state index contributed by atoms with van der Waals surface area (Å²) in [5.41, 5.74) is 1.24. The van der Waals surface area contributed by atoms with Gasteiger partial charge in [-0.1, -0.05) is 6.07 Å². The fraction of sp³-hybridized carbons (Fsp3) is 0.739. The van der Waals surface area contributed by atoms with Crippen LogP contribution in [-0.2, 0) is 6.54 Å². The van der Waals surface area contributed by atoms with E-state index in [2.05, 4.69) is 40.7 Å². The summed E-state index contributed by atoms with van der Waals surface area (Å²) in [6.07, 6.45) is 2.33. The molecule has 0 bridgehead atoms. The largest absolute Gasteiger partial charge is 0.493 e. The van der Waals surface area contributed by atoms with Gasteiger partial charge in [-0.05, 0) is 57.4 Å². The van der Waals surface area contributed by atoms with E-state index in [4.69, 9.17) is 9.47 Å². The van der Waals surface area contributed by atoms with Crippen molar-refractivity contribution in [3.8, 4) is 11.5 Å². The zero-order valence-electron chi connectivity index (χ0n) is 18.6. The molecule has 0 radical (unpaired) electrons. The second-order valence-electron chi connectivity index (χ2n) is 9.00. The van der Waals surface area contributed by atoms with Crippen LogP contribution in [0, 0.1) is 5.92 Å². The van der Waals surface area contributed by atoms with E-state index >= 15 is 0 Å². The summed E-state index contributed by atoms with van der Waals surface area (Å²) in [4.78, 5) is 7.25. The molecule has 1 aromatic rings. The first kappa shape index (κ1) is 22.3. The molecule has 0 spiro atoms. The van der Waals surface area contributed by atoms with E-state index in [1.807, 2.05) is 13.1 Å². The lowest BCUT2D eigenvalue weighted by atomic mass is 10.1. The van der Waals surface area contributed by atoms with Crippen LogP contribution in [0.5, 0.6) is 11.5 Å². The summed E-state index contributed by atoms with van der Waals surface area (Å²) in [7, 11) is 3.68. The Balaban J connectivity index is 1.46. The quantitative estimate of drug-likeness (QED) is 0.610. The molecule has 1 atom stereocenters. The van der Waals surface area contributed by atoms with E-state index in [0.717, 1.165) is 31.3 Å². The van der Waals surface area contributed by atoms with Gasteiger partial charge in [-0.25, -0.2) is 0 Å². The summed E-state index contributed by atoms with van der Waals surface area (Å²) >= 11 is 0. The SMILES string of the molecule is COc1cc(CN2CCN(CC3CC3)CC2)ccc1OC[C@@H](O)CN(C)C(C)C. The van der Waals surface area contributed by atoms with Crippen LogP contribution in [0.4, 0.5) is 0 Å². The average molecular weight is 406 g/mol. The first-order valence-electron chi connectivity index (χ1n) is 11.1. The molecule has 29 heavy (non-hydrogen) atoms. The third-order valence-corrected chi connectivity index (χ3v) is 6.12. The molecule has 3 rings (SSSR count). The highest BCUT2D eigenvalue weighted by Gasteiger charge is 2.26. The molecule has 1 aromatic carbocycles. The molecule has 1 aliphatic carbocycles. The lowest BCUT2D eigenvalue weighted by Gasteiger charge is -2.34. The Bertz CT molecular complexity index is 628. The monoisotopic (exact) mass is 405 g/mol. The average Bonchev–Trinajstić information content (AvgIpc) is 3.52. The van der Waals surface area contributed by atoms with Crippen molar-refractivity contribution in [3.05, 3.63) is 23.8 Å². The molecule has 6 heteroatoms. The van der Waals surface area contributed by atoms with Gasteiger partial charge in [-0.3, -0.25) is 4.90 Å². The van der Waals surface area contributed by atoms with Crippen molar-refractivity contribution in [1.29, 1.82) is 0 Å². The van der Waals surface area contributed by atoms with E-state index in [0.29, 0.717) is 18.3 Å². The molecule has 1 heterocycles. The molecule has 0 amide bonds. The Labute approximate surface area is 176 Å². The van der Waals surface area contributed by atoms with Gasteiger partial charge in [0.1, 0.15) is 12.7 Å². The van der Waals surface area contributed by atoms with Gasteiger partial charge in [0.2, 0.25) is 0 Å². The van der Waals surface area contributed by atoms with Gasteiger partial charge in [0, 0.05) is 51.9 Å². The number of nitrogens with zero attached hydrogens (tertiary/aromatic N) is 3. The minimum atomic E-state index is -0.529. The summed E-state index contributed by atoms with van der Waals surface area (Å²) < 4.78 is 11.4. The number of hydrogen-bond donors (Lipinski definition) is 1. The van der Waals surface area contributed by atoms with Gasteiger partial charge < -0.3 is 24.4 Å². The number of hydrogen-bond acceptors (Lipinski definition) is 6. The lowest BCUT2D eigenvalue weighted by Crippen LogP contribution is -2.46. The molecular weight excluding hydrogens is 366 g/mol. The number of aliphatic hydroxyl groups excluding tert-OH is 1. The number of benzene rings is 1. The molecule has 6 nitrogen and oxygen atoms in total. The third-order valence-electron chi connectivity index (χ3n) is 6.12. The standard InChI is InChI=1S/C23H39N3O3/c1-18(2)24(3)16-21(27)17-29-22-8-7-20(13-23(22)28-4)15-26-11-9-25(10-12-26)14-19-5-6-19/h7-8,13,18-19,21,27H,5-6,9-12,14-17H2,1-4H3/t21-/m0/s1. The zero-order valence-corrected chi connectivity index (χ0v) is 18.6. The second kappa shape index (κ2) is 10.6. The molecule has 1 aliphatic heterocycles. The van der Waals surface area contributed by atoms with Crippen molar-refractivity contribution in [2.45, 2.75) is 45.4 Å². The number of ether oxygens (including phenoxy) is 2. The Morgan fingerprint density at radius 2 is 1.79 bits per heavy atom. The van der Waals surface area contributed by atoms with Crippen molar-refractivity contribution >= 4 is 0 Å². The van der Waals surface area contributed by atoms with Crippen molar-refractivity contribution in [1.82, 2.24) is 14.7 Å². The van der Waals surface area contributed by atoms with Gasteiger partial charge in [0.05, 0.1) is 7.11 Å². The molecule has 0 aromatic heterocycles.